The zero-order valence-electron chi connectivity index (χ0n) is 10.8. The van der Waals surface area contributed by atoms with Crippen molar-refractivity contribution in [2.45, 2.75) is 57.4 Å². The normalized spacial score (nSPS) is 28.1. The fourth-order valence-corrected chi connectivity index (χ4v) is 2.69. The van der Waals surface area contributed by atoms with Crippen molar-refractivity contribution in [2.24, 2.45) is 5.92 Å². The van der Waals surface area contributed by atoms with Crippen molar-refractivity contribution < 1.29 is 14.5 Å². The minimum absolute atomic E-state index is 0.0600. The molecular formula is C11H22N2O3S. The largest absolute Gasteiger partial charge is 0.598 e. The first-order chi connectivity index (χ1) is 7.70. The van der Waals surface area contributed by atoms with Crippen LogP contribution >= 0.6 is 0 Å². The monoisotopic (exact) mass is 262 g/mol. The molecule has 17 heavy (non-hydrogen) atoms. The third-order valence-corrected chi connectivity index (χ3v) is 4.76. The maximum Gasteiger partial charge on any atom is 0.404 e. The smallest absolute Gasteiger partial charge is 0.404 e. The molecule has 1 amide bonds. The van der Waals surface area contributed by atoms with Crippen molar-refractivity contribution in [1.82, 2.24) is 10.0 Å². The van der Waals surface area contributed by atoms with Crippen LogP contribution in [0.15, 0.2) is 0 Å². The first kappa shape index (κ1) is 14.6. The standard InChI is InChI=1S/C11H22N2O3S/c1-7(13-17(16)11(2,3)4)8-5-9(6-8)12-10(14)15/h7-9,12-13H,5-6H2,1-4H3,(H,14,15)/t7-,8?,9?,17?/m0/s1. The highest BCUT2D eigenvalue weighted by Gasteiger charge is 2.37. The maximum absolute atomic E-state index is 11.9. The number of rotatable bonds is 4. The van der Waals surface area contributed by atoms with Crippen LogP contribution < -0.4 is 10.0 Å². The van der Waals surface area contributed by atoms with Gasteiger partial charge in [0, 0.05) is 17.4 Å². The second kappa shape index (κ2) is 5.46. The minimum atomic E-state index is -1.06. The van der Waals surface area contributed by atoms with E-state index in [1.165, 1.54) is 0 Å². The van der Waals surface area contributed by atoms with Crippen molar-refractivity contribution in [3.8, 4) is 0 Å². The Labute approximate surface area is 106 Å². The van der Waals surface area contributed by atoms with Gasteiger partial charge in [0.1, 0.15) is 4.75 Å². The van der Waals surface area contributed by atoms with Gasteiger partial charge in [0.05, 0.1) is 6.04 Å². The van der Waals surface area contributed by atoms with E-state index >= 15 is 0 Å². The Kier molecular flexibility index (Phi) is 4.69. The average molecular weight is 262 g/mol. The van der Waals surface area contributed by atoms with Crippen LogP contribution in [0, 0.1) is 5.92 Å². The Morgan fingerprint density at radius 3 is 2.41 bits per heavy atom. The van der Waals surface area contributed by atoms with Crippen molar-refractivity contribution >= 4 is 17.5 Å². The number of hydrogen-bond acceptors (Lipinski definition) is 3. The Hall–Kier alpha value is -0.460. The number of carboxylic acid groups (broad SMARTS) is 1. The SMILES string of the molecule is C[C@H](N[S+]([O-])C(C)(C)C)C1CC(NC(=O)O)C1. The summed E-state index contributed by atoms with van der Waals surface area (Å²) in [5.74, 6) is 0.401. The first-order valence-electron chi connectivity index (χ1n) is 5.87. The van der Waals surface area contributed by atoms with Crippen molar-refractivity contribution in [3.63, 3.8) is 0 Å². The lowest BCUT2D eigenvalue weighted by Gasteiger charge is -2.39. The van der Waals surface area contributed by atoms with E-state index < -0.39 is 17.5 Å². The maximum atomic E-state index is 11.9. The highest BCUT2D eigenvalue weighted by molar-refractivity contribution is 7.90. The van der Waals surface area contributed by atoms with Crippen LogP contribution in [0.3, 0.4) is 0 Å². The van der Waals surface area contributed by atoms with Crippen molar-refractivity contribution in [3.05, 3.63) is 0 Å². The summed E-state index contributed by atoms with van der Waals surface area (Å²) in [6, 6.07) is 0.215. The Bertz CT molecular complexity index is 274. The van der Waals surface area contributed by atoms with Crippen LogP contribution in [-0.2, 0) is 11.4 Å². The van der Waals surface area contributed by atoms with Gasteiger partial charge in [-0.1, -0.05) is 0 Å². The van der Waals surface area contributed by atoms with Crippen LogP contribution in [0.25, 0.3) is 0 Å². The van der Waals surface area contributed by atoms with Gasteiger partial charge in [-0.25, -0.2) is 4.79 Å². The fourth-order valence-electron chi connectivity index (χ4n) is 1.80. The van der Waals surface area contributed by atoms with E-state index in [1.54, 1.807) is 0 Å². The minimum Gasteiger partial charge on any atom is -0.598 e. The second-order valence-corrected chi connectivity index (χ2v) is 7.66. The second-order valence-electron chi connectivity index (χ2n) is 5.67. The summed E-state index contributed by atoms with van der Waals surface area (Å²) in [4.78, 5) is 10.4. The van der Waals surface area contributed by atoms with Crippen LogP contribution in [0.1, 0.15) is 40.5 Å². The Balaban J connectivity index is 2.28. The highest BCUT2D eigenvalue weighted by Crippen LogP contribution is 2.31. The molecule has 1 aliphatic rings. The van der Waals surface area contributed by atoms with Gasteiger partial charge in [0.15, 0.2) is 0 Å². The molecule has 0 radical (unpaired) electrons. The van der Waals surface area contributed by atoms with Crippen molar-refractivity contribution in [2.75, 3.05) is 0 Å². The van der Waals surface area contributed by atoms with E-state index in [2.05, 4.69) is 10.0 Å². The molecule has 0 saturated heterocycles. The summed E-state index contributed by atoms with van der Waals surface area (Å²) >= 11 is -1.06. The zero-order valence-corrected chi connectivity index (χ0v) is 11.6. The highest BCUT2D eigenvalue weighted by atomic mass is 32.2. The summed E-state index contributed by atoms with van der Waals surface area (Å²) < 4.78 is 14.7. The Morgan fingerprint density at radius 1 is 1.47 bits per heavy atom. The number of hydrogen-bond donors (Lipinski definition) is 3. The molecule has 1 aliphatic carbocycles. The van der Waals surface area contributed by atoms with Crippen LogP contribution in [-0.4, -0.2) is 32.6 Å². The molecule has 100 valence electrons. The summed E-state index contributed by atoms with van der Waals surface area (Å²) in [6.45, 7) is 7.79. The molecule has 3 N–H and O–H groups in total. The molecule has 5 nitrogen and oxygen atoms in total. The Morgan fingerprint density at radius 2 is 2.00 bits per heavy atom. The van der Waals surface area contributed by atoms with Gasteiger partial charge in [-0.3, -0.25) is 0 Å². The average Bonchev–Trinajstić information content (AvgIpc) is 2.08. The molecule has 1 rings (SSSR count). The number of amides is 1. The topological polar surface area (TPSA) is 84.4 Å². The number of nitrogens with one attached hydrogen (secondary N) is 2. The van der Waals surface area contributed by atoms with Gasteiger partial charge >= 0.3 is 6.09 Å². The van der Waals surface area contributed by atoms with Gasteiger partial charge in [-0.05, 0) is 46.5 Å². The third-order valence-electron chi connectivity index (χ3n) is 3.06. The van der Waals surface area contributed by atoms with E-state index in [0.29, 0.717) is 5.92 Å². The van der Waals surface area contributed by atoms with E-state index in [9.17, 15) is 9.35 Å². The lowest BCUT2D eigenvalue weighted by Crippen LogP contribution is -2.53. The van der Waals surface area contributed by atoms with Gasteiger partial charge in [-0.15, -0.1) is 4.72 Å². The molecule has 2 atom stereocenters. The molecule has 0 aromatic heterocycles. The summed E-state index contributed by atoms with van der Waals surface area (Å²) in [6.07, 6.45) is 0.677. The first-order valence-corrected chi connectivity index (χ1v) is 7.02. The molecule has 0 heterocycles. The van der Waals surface area contributed by atoms with Crippen molar-refractivity contribution in [1.29, 1.82) is 0 Å². The zero-order chi connectivity index (χ0) is 13.2. The lowest BCUT2D eigenvalue weighted by atomic mass is 9.76. The predicted molar refractivity (Wildman–Crippen MR) is 68.2 cm³/mol. The molecule has 1 fully saturated rings. The van der Waals surface area contributed by atoms with Crippen LogP contribution in [0.2, 0.25) is 0 Å². The molecule has 6 heteroatoms. The van der Waals surface area contributed by atoms with Gasteiger partial charge in [-0.2, -0.15) is 0 Å². The van der Waals surface area contributed by atoms with E-state index in [1.807, 2.05) is 27.7 Å². The third kappa shape index (κ3) is 4.37. The molecule has 0 spiro atoms. The molecule has 0 bridgehead atoms. The molecule has 0 aliphatic heterocycles. The summed E-state index contributed by atoms with van der Waals surface area (Å²) in [7, 11) is 0. The predicted octanol–water partition coefficient (Wildman–Crippen LogP) is 1.47. The fraction of sp³-hybridized carbons (Fsp3) is 0.909. The lowest BCUT2D eigenvalue weighted by molar-refractivity contribution is 0.155. The quantitative estimate of drug-likeness (QED) is 0.670. The molecule has 1 unspecified atom stereocenters. The van der Waals surface area contributed by atoms with E-state index in [-0.39, 0.29) is 16.8 Å². The van der Waals surface area contributed by atoms with Gasteiger partial charge in [0.25, 0.3) is 0 Å². The summed E-state index contributed by atoms with van der Waals surface area (Å²) in [5, 5.41) is 11.0. The van der Waals surface area contributed by atoms with E-state index in [4.69, 9.17) is 5.11 Å². The molecule has 0 aromatic carbocycles. The molecule has 1 saturated carbocycles. The molecule has 0 aromatic rings. The van der Waals surface area contributed by atoms with Gasteiger partial charge in [0.2, 0.25) is 0 Å². The number of carbonyl (C=O) groups is 1. The van der Waals surface area contributed by atoms with Gasteiger partial charge < -0.3 is 15.0 Å². The van der Waals surface area contributed by atoms with E-state index in [0.717, 1.165) is 12.8 Å². The van der Waals surface area contributed by atoms with Crippen LogP contribution in [0.4, 0.5) is 4.79 Å². The van der Waals surface area contributed by atoms with Crippen LogP contribution in [0.5, 0.6) is 0 Å². The summed E-state index contributed by atoms with van der Waals surface area (Å²) in [5.41, 5.74) is 0. The molecular weight excluding hydrogens is 240 g/mol.